The first-order valence-corrected chi connectivity index (χ1v) is 4.67. The van der Waals surface area contributed by atoms with E-state index in [1.165, 1.54) is 14.0 Å². The molecule has 0 heterocycles. The molecule has 0 saturated heterocycles. The number of ether oxygens (including phenoxy) is 2. The molecule has 0 saturated carbocycles. The number of ketones is 1. The highest BCUT2D eigenvalue weighted by molar-refractivity contribution is 5.97. The molecule has 0 aliphatic heterocycles. The summed E-state index contributed by atoms with van der Waals surface area (Å²) in [6.07, 6.45) is -1.82. The van der Waals surface area contributed by atoms with Gasteiger partial charge in [-0.05, 0) is 6.92 Å². The predicted molar refractivity (Wildman–Crippen MR) is 52.3 cm³/mol. The van der Waals surface area contributed by atoms with Gasteiger partial charge < -0.3 is 19.7 Å². The maximum absolute atomic E-state index is 11.6. The lowest BCUT2D eigenvalue weighted by Crippen LogP contribution is -2.58. The Bertz CT molecular complexity index is 343. The monoisotopic (exact) mass is 230 g/mol. The van der Waals surface area contributed by atoms with E-state index >= 15 is 0 Å². The second-order valence-corrected chi connectivity index (χ2v) is 3.77. The van der Waals surface area contributed by atoms with Crippen molar-refractivity contribution in [2.24, 2.45) is 0 Å². The smallest absolute Gasteiger partial charge is 0.303 e. The highest BCUT2D eigenvalue weighted by Gasteiger charge is 2.50. The molecule has 3 unspecified atom stereocenters. The molecular weight excluding hydrogens is 216 g/mol. The van der Waals surface area contributed by atoms with Gasteiger partial charge in [-0.15, -0.1) is 0 Å². The number of aliphatic hydroxyl groups is 2. The Morgan fingerprint density at radius 2 is 2.12 bits per heavy atom. The maximum atomic E-state index is 11.6. The molecule has 0 radical (unpaired) electrons. The molecule has 0 aromatic heterocycles. The van der Waals surface area contributed by atoms with Crippen molar-refractivity contribution < 1.29 is 29.3 Å². The van der Waals surface area contributed by atoms with Crippen LogP contribution in [-0.4, -0.2) is 46.9 Å². The van der Waals surface area contributed by atoms with Crippen molar-refractivity contribution in [2.75, 3.05) is 7.11 Å². The van der Waals surface area contributed by atoms with Gasteiger partial charge in [0.2, 0.25) is 5.78 Å². The minimum Gasteiger partial charge on any atom is -0.498 e. The molecule has 6 nitrogen and oxygen atoms in total. The largest absolute Gasteiger partial charge is 0.498 e. The number of hydrogen-bond donors (Lipinski definition) is 2. The molecule has 0 aromatic carbocycles. The Balaban J connectivity index is 3.08. The fraction of sp³-hybridized carbons (Fsp3) is 0.600. The summed E-state index contributed by atoms with van der Waals surface area (Å²) in [5.74, 6) is -1.39. The lowest BCUT2D eigenvalue weighted by atomic mass is 9.83. The number of carbonyl (C=O) groups excluding carboxylic acids is 2. The second kappa shape index (κ2) is 4.23. The third kappa shape index (κ3) is 2.07. The van der Waals surface area contributed by atoms with Gasteiger partial charge in [-0.2, -0.15) is 0 Å². The van der Waals surface area contributed by atoms with E-state index in [1.54, 1.807) is 0 Å². The topological polar surface area (TPSA) is 93.1 Å². The van der Waals surface area contributed by atoms with Crippen LogP contribution in [0.25, 0.3) is 0 Å². The van der Waals surface area contributed by atoms with Gasteiger partial charge >= 0.3 is 5.97 Å². The molecule has 1 rings (SSSR count). The van der Waals surface area contributed by atoms with Crippen molar-refractivity contribution in [2.45, 2.75) is 31.7 Å². The molecule has 0 aromatic rings. The average Bonchev–Trinajstić information content (AvgIpc) is 2.18. The van der Waals surface area contributed by atoms with E-state index < -0.39 is 29.6 Å². The zero-order valence-corrected chi connectivity index (χ0v) is 9.26. The van der Waals surface area contributed by atoms with Gasteiger partial charge in [0, 0.05) is 13.0 Å². The predicted octanol–water partition coefficient (Wildman–Crippen LogP) is -0.857. The van der Waals surface area contributed by atoms with Crippen molar-refractivity contribution in [1.29, 1.82) is 0 Å². The van der Waals surface area contributed by atoms with Crippen LogP contribution >= 0.6 is 0 Å². The van der Waals surface area contributed by atoms with Crippen LogP contribution in [-0.2, 0) is 19.1 Å². The minimum atomic E-state index is -1.90. The van der Waals surface area contributed by atoms with Crippen molar-refractivity contribution in [3.63, 3.8) is 0 Å². The highest BCUT2D eigenvalue weighted by Crippen LogP contribution is 2.29. The van der Waals surface area contributed by atoms with Gasteiger partial charge in [-0.25, -0.2) is 0 Å². The molecule has 3 atom stereocenters. The lowest BCUT2D eigenvalue weighted by Gasteiger charge is -2.37. The number of esters is 1. The normalized spacial score (nSPS) is 34.3. The van der Waals surface area contributed by atoms with Gasteiger partial charge in [-0.1, -0.05) is 0 Å². The SMILES string of the molecule is COC1=CC(=O)C(OC(C)=O)C(C)(O)C1O. The number of rotatable bonds is 2. The standard InChI is InChI=1S/C10H14O6/c1-5(11)16-9-6(12)4-7(15-3)8(13)10(9,2)14/h4,8-9,13-14H,1-3H3. The molecule has 0 bridgehead atoms. The van der Waals surface area contributed by atoms with Crippen molar-refractivity contribution in [1.82, 2.24) is 0 Å². The van der Waals surface area contributed by atoms with E-state index in [-0.39, 0.29) is 5.76 Å². The average molecular weight is 230 g/mol. The molecule has 1 aliphatic rings. The van der Waals surface area contributed by atoms with Crippen LogP contribution in [0.3, 0.4) is 0 Å². The Morgan fingerprint density at radius 3 is 2.56 bits per heavy atom. The van der Waals surface area contributed by atoms with Crippen LogP contribution in [0.15, 0.2) is 11.8 Å². The van der Waals surface area contributed by atoms with Gasteiger partial charge in [-0.3, -0.25) is 9.59 Å². The number of methoxy groups -OCH3 is 1. The van der Waals surface area contributed by atoms with E-state index in [0.29, 0.717) is 0 Å². The summed E-state index contributed by atoms with van der Waals surface area (Å²) in [7, 11) is 1.27. The quantitative estimate of drug-likeness (QED) is 0.600. The maximum Gasteiger partial charge on any atom is 0.303 e. The first-order valence-electron chi connectivity index (χ1n) is 4.67. The molecule has 1 aliphatic carbocycles. The van der Waals surface area contributed by atoms with E-state index in [1.807, 2.05) is 0 Å². The second-order valence-electron chi connectivity index (χ2n) is 3.77. The van der Waals surface area contributed by atoms with Crippen molar-refractivity contribution in [3.8, 4) is 0 Å². The number of aliphatic hydroxyl groups excluding tert-OH is 1. The summed E-state index contributed by atoms with van der Waals surface area (Å²) in [6, 6.07) is 0. The molecule has 6 heteroatoms. The van der Waals surface area contributed by atoms with Gasteiger partial charge in [0.05, 0.1) is 7.11 Å². The highest BCUT2D eigenvalue weighted by atomic mass is 16.6. The fourth-order valence-corrected chi connectivity index (χ4v) is 1.53. The van der Waals surface area contributed by atoms with Gasteiger partial charge in [0.1, 0.15) is 17.5 Å². The van der Waals surface area contributed by atoms with Crippen LogP contribution in [0, 0.1) is 0 Å². The van der Waals surface area contributed by atoms with Crippen molar-refractivity contribution >= 4 is 11.8 Å². The van der Waals surface area contributed by atoms with Crippen LogP contribution in [0.1, 0.15) is 13.8 Å². The number of hydrogen-bond acceptors (Lipinski definition) is 6. The van der Waals surface area contributed by atoms with Crippen molar-refractivity contribution in [3.05, 3.63) is 11.8 Å². The lowest BCUT2D eigenvalue weighted by molar-refractivity contribution is -0.182. The van der Waals surface area contributed by atoms with Gasteiger partial charge in [0.15, 0.2) is 6.10 Å². The molecular formula is C10H14O6. The zero-order valence-electron chi connectivity index (χ0n) is 9.26. The fourth-order valence-electron chi connectivity index (χ4n) is 1.53. The Labute approximate surface area is 92.5 Å². The van der Waals surface area contributed by atoms with Gasteiger partial charge in [0.25, 0.3) is 0 Å². The summed E-state index contributed by atoms with van der Waals surface area (Å²) in [5, 5.41) is 19.7. The molecule has 0 spiro atoms. The Kier molecular flexibility index (Phi) is 3.35. The Morgan fingerprint density at radius 1 is 1.56 bits per heavy atom. The summed E-state index contributed by atoms with van der Waals surface area (Å²) < 4.78 is 9.44. The van der Waals surface area contributed by atoms with Crippen LogP contribution < -0.4 is 0 Å². The summed E-state index contributed by atoms with van der Waals surface area (Å²) in [5.41, 5.74) is -1.90. The molecule has 90 valence electrons. The summed E-state index contributed by atoms with van der Waals surface area (Å²) >= 11 is 0. The summed E-state index contributed by atoms with van der Waals surface area (Å²) in [6.45, 7) is 2.32. The van der Waals surface area contributed by atoms with Crippen LogP contribution in [0.4, 0.5) is 0 Å². The van der Waals surface area contributed by atoms with Crippen LogP contribution in [0.5, 0.6) is 0 Å². The summed E-state index contributed by atoms with van der Waals surface area (Å²) in [4.78, 5) is 22.3. The first kappa shape index (κ1) is 12.7. The van der Waals surface area contributed by atoms with E-state index in [0.717, 1.165) is 13.0 Å². The molecule has 0 fully saturated rings. The molecule has 16 heavy (non-hydrogen) atoms. The first-order chi connectivity index (χ1) is 7.30. The van der Waals surface area contributed by atoms with E-state index in [4.69, 9.17) is 4.74 Å². The van der Waals surface area contributed by atoms with E-state index in [9.17, 15) is 19.8 Å². The third-order valence-electron chi connectivity index (χ3n) is 2.42. The Hall–Kier alpha value is -1.40. The third-order valence-corrected chi connectivity index (χ3v) is 2.42. The van der Waals surface area contributed by atoms with Crippen LogP contribution in [0.2, 0.25) is 0 Å². The zero-order chi connectivity index (χ0) is 12.5. The molecule has 2 N–H and O–H groups in total. The number of carbonyl (C=O) groups is 2. The molecule has 0 amide bonds. The van der Waals surface area contributed by atoms with E-state index in [2.05, 4.69) is 4.74 Å². The minimum absolute atomic E-state index is 0.0570.